The van der Waals surface area contributed by atoms with E-state index in [1.54, 1.807) is 31.1 Å². The van der Waals surface area contributed by atoms with Gasteiger partial charge in [0, 0.05) is 44.5 Å². The van der Waals surface area contributed by atoms with Gasteiger partial charge in [-0.05, 0) is 30.3 Å². The van der Waals surface area contributed by atoms with E-state index < -0.39 is 0 Å². The van der Waals surface area contributed by atoms with Crippen molar-refractivity contribution in [3.8, 4) is 5.75 Å². The molecule has 1 fully saturated rings. The molecule has 0 atom stereocenters. The van der Waals surface area contributed by atoms with Gasteiger partial charge in [0.25, 0.3) is 5.91 Å². The number of pyridine rings is 3. The van der Waals surface area contributed by atoms with Crippen molar-refractivity contribution in [2.45, 2.75) is 25.5 Å². The van der Waals surface area contributed by atoms with Crippen molar-refractivity contribution < 1.29 is 9.53 Å². The molecule has 4 aromatic rings. The van der Waals surface area contributed by atoms with Crippen molar-refractivity contribution in [3.63, 3.8) is 0 Å². The lowest BCUT2D eigenvalue weighted by Crippen LogP contribution is -2.41. The molecule has 0 saturated carbocycles. The lowest BCUT2D eigenvalue weighted by molar-refractivity contribution is 0.0594. The van der Waals surface area contributed by atoms with E-state index in [9.17, 15) is 4.79 Å². The molecule has 0 bridgehead atoms. The Bertz CT molecular complexity index is 1170. The van der Waals surface area contributed by atoms with Gasteiger partial charge in [0.05, 0.1) is 30.3 Å². The molecule has 5 heterocycles. The molecule has 0 N–H and O–H groups in total. The second kappa shape index (κ2) is 8.51. The number of imidazole rings is 1. The van der Waals surface area contributed by atoms with Gasteiger partial charge in [-0.25, -0.2) is 9.97 Å². The molecule has 31 heavy (non-hydrogen) atoms. The molecule has 0 unspecified atom stereocenters. The first-order valence-corrected chi connectivity index (χ1v) is 10.3. The maximum Gasteiger partial charge on any atom is 0.255 e. The lowest BCUT2D eigenvalue weighted by atomic mass is 10.1. The first kappa shape index (κ1) is 19.2. The zero-order valence-corrected chi connectivity index (χ0v) is 17.0. The molecule has 8 heteroatoms. The Morgan fingerprint density at radius 1 is 1.03 bits per heavy atom. The molecule has 1 amide bonds. The molecule has 0 aliphatic carbocycles. The average molecular weight is 414 g/mol. The number of fused-ring (bicyclic) bond motifs is 1. The minimum absolute atomic E-state index is 0.0199. The maximum absolute atomic E-state index is 13.0. The summed E-state index contributed by atoms with van der Waals surface area (Å²) in [5.74, 6) is 0.747. The standard InChI is InChI=1S/C23H22N6O2/c30-23(28-10-6-19(7-11-28)31-20-5-3-8-24-14-20)17-12-21-22(26-13-17)29(16-27-21)15-18-4-1-2-9-25-18/h1-5,8-9,12-14,16,19H,6-7,10-11,15H2. The van der Waals surface area contributed by atoms with Crippen LogP contribution < -0.4 is 4.74 Å². The van der Waals surface area contributed by atoms with Gasteiger partial charge in [0.1, 0.15) is 17.4 Å². The highest BCUT2D eigenvalue weighted by Crippen LogP contribution is 2.20. The Hall–Kier alpha value is -3.81. The third-order valence-corrected chi connectivity index (χ3v) is 5.43. The molecular formula is C23H22N6O2. The van der Waals surface area contributed by atoms with Crippen LogP contribution in [0.2, 0.25) is 0 Å². The third kappa shape index (κ3) is 4.23. The van der Waals surface area contributed by atoms with Crippen molar-refractivity contribution in [1.29, 1.82) is 0 Å². The summed E-state index contributed by atoms with van der Waals surface area (Å²) in [6.07, 6.45) is 10.2. The number of nitrogens with zero attached hydrogens (tertiary/aromatic N) is 6. The highest BCUT2D eigenvalue weighted by molar-refractivity contribution is 5.96. The van der Waals surface area contributed by atoms with Crippen LogP contribution >= 0.6 is 0 Å². The van der Waals surface area contributed by atoms with Crippen molar-refractivity contribution >= 4 is 17.1 Å². The molecule has 5 rings (SSSR count). The Labute approximate surface area is 179 Å². The molecule has 1 aliphatic heterocycles. The van der Waals surface area contributed by atoms with Crippen molar-refractivity contribution in [2.75, 3.05) is 13.1 Å². The topological polar surface area (TPSA) is 86.0 Å². The predicted octanol–water partition coefficient (Wildman–Crippen LogP) is 2.95. The molecule has 0 radical (unpaired) electrons. The van der Waals surface area contributed by atoms with Crippen LogP contribution in [-0.2, 0) is 6.54 Å². The van der Waals surface area contributed by atoms with Crippen LogP contribution in [-0.4, -0.2) is 54.5 Å². The van der Waals surface area contributed by atoms with Crippen LogP contribution in [0.25, 0.3) is 11.2 Å². The smallest absolute Gasteiger partial charge is 0.255 e. The van der Waals surface area contributed by atoms with Crippen LogP contribution in [0.5, 0.6) is 5.75 Å². The van der Waals surface area contributed by atoms with E-state index in [4.69, 9.17) is 4.74 Å². The summed E-state index contributed by atoms with van der Waals surface area (Å²) in [6.45, 7) is 1.88. The van der Waals surface area contributed by atoms with Gasteiger partial charge in [0.2, 0.25) is 0 Å². The summed E-state index contributed by atoms with van der Waals surface area (Å²) < 4.78 is 7.91. The summed E-state index contributed by atoms with van der Waals surface area (Å²) in [7, 11) is 0. The Kier molecular flexibility index (Phi) is 5.26. The van der Waals surface area contributed by atoms with E-state index in [0.717, 1.165) is 29.9 Å². The van der Waals surface area contributed by atoms with Gasteiger partial charge >= 0.3 is 0 Å². The van der Waals surface area contributed by atoms with Crippen LogP contribution in [0.4, 0.5) is 0 Å². The first-order chi connectivity index (χ1) is 15.3. The molecular weight excluding hydrogens is 392 g/mol. The second-order valence-corrected chi connectivity index (χ2v) is 7.56. The average Bonchev–Trinajstić information content (AvgIpc) is 3.22. The zero-order chi connectivity index (χ0) is 21.0. The SMILES string of the molecule is O=C(c1cnc2c(c1)ncn2Cc1ccccn1)N1CCC(Oc2cccnc2)CC1. The number of carbonyl (C=O) groups is 1. The number of hydrogen-bond acceptors (Lipinski definition) is 6. The first-order valence-electron chi connectivity index (χ1n) is 10.3. The van der Waals surface area contributed by atoms with E-state index in [1.165, 1.54) is 0 Å². The number of piperidine rings is 1. The van der Waals surface area contributed by atoms with Crippen LogP contribution in [0.3, 0.4) is 0 Å². The molecule has 156 valence electrons. The number of rotatable bonds is 5. The third-order valence-electron chi connectivity index (χ3n) is 5.43. The molecule has 0 aromatic carbocycles. The zero-order valence-electron chi connectivity index (χ0n) is 17.0. The second-order valence-electron chi connectivity index (χ2n) is 7.56. The number of hydrogen-bond donors (Lipinski definition) is 0. The van der Waals surface area contributed by atoms with E-state index in [2.05, 4.69) is 19.9 Å². The predicted molar refractivity (Wildman–Crippen MR) is 115 cm³/mol. The monoisotopic (exact) mass is 414 g/mol. The fourth-order valence-electron chi connectivity index (χ4n) is 3.82. The highest BCUT2D eigenvalue weighted by atomic mass is 16.5. The van der Waals surface area contributed by atoms with E-state index in [-0.39, 0.29) is 12.0 Å². The fourth-order valence-corrected chi connectivity index (χ4v) is 3.82. The van der Waals surface area contributed by atoms with Gasteiger partial charge in [-0.15, -0.1) is 0 Å². The molecule has 0 spiro atoms. The van der Waals surface area contributed by atoms with Crippen molar-refractivity contribution in [2.24, 2.45) is 0 Å². The summed E-state index contributed by atoms with van der Waals surface area (Å²) in [6, 6.07) is 11.4. The minimum atomic E-state index is -0.0199. The van der Waals surface area contributed by atoms with Crippen LogP contribution in [0, 0.1) is 0 Å². The van der Waals surface area contributed by atoms with E-state index in [0.29, 0.717) is 30.7 Å². The quantitative estimate of drug-likeness (QED) is 0.499. The van der Waals surface area contributed by atoms with Gasteiger partial charge in [-0.1, -0.05) is 6.07 Å². The summed E-state index contributed by atoms with van der Waals surface area (Å²) in [5.41, 5.74) is 2.93. The maximum atomic E-state index is 13.0. The van der Waals surface area contributed by atoms with Gasteiger partial charge in [0.15, 0.2) is 5.65 Å². The fraction of sp³-hybridized carbons (Fsp3) is 0.261. The number of carbonyl (C=O) groups excluding carboxylic acids is 1. The van der Waals surface area contributed by atoms with Crippen molar-refractivity contribution in [1.82, 2.24) is 29.4 Å². The number of amides is 1. The Morgan fingerprint density at radius 2 is 1.94 bits per heavy atom. The summed E-state index contributed by atoms with van der Waals surface area (Å²) >= 11 is 0. The Morgan fingerprint density at radius 3 is 2.71 bits per heavy atom. The number of aromatic nitrogens is 5. The van der Waals surface area contributed by atoms with Crippen LogP contribution in [0.1, 0.15) is 28.9 Å². The molecule has 4 aromatic heterocycles. The van der Waals surface area contributed by atoms with Gasteiger partial charge < -0.3 is 14.2 Å². The highest BCUT2D eigenvalue weighted by Gasteiger charge is 2.25. The van der Waals surface area contributed by atoms with Gasteiger partial charge in [-0.3, -0.25) is 14.8 Å². The minimum Gasteiger partial charge on any atom is -0.489 e. The number of likely N-dealkylation sites (tertiary alicyclic amines) is 1. The van der Waals surface area contributed by atoms with Gasteiger partial charge in [-0.2, -0.15) is 0 Å². The lowest BCUT2D eigenvalue weighted by Gasteiger charge is -2.32. The number of ether oxygens (including phenoxy) is 1. The van der Waals surface area contributed by atoms with Crippen LogP contribution in [0.15, 0.2) is 67.5 Å². The van der Waals surface area contributed by atoms with E-state index in [1.807, 2.05) is 45.9 Å². The molecule has 1 aliphatic rings. The van der Waals surface area contributed by atoms with E-state index >= 15 is 0 Å². The Balaban J connectivity index is 1.24. The normalized spacial score (nSPS) is 14.6. The molecule has 1 saturated heterocycles. The largest absolute Gasteiger partial charge is 0.489 e. The summed E-state index contributed by atoms with van der Waals surface area (Å²) in [5, 5.41) is 0. The van der Waals surface area contributed by atoms with Crippen molar-refractivity contribution in [3.05, 3.63) is 78.8 Å². The summed E-state index contributed by atoms with van der Waals surface area (Å²) in [4.78, 5) is 32.2. The molecule has 8 nitrogen and oxygen atoms in total.